The molecule has 0 aromatic heterocycles. The average molecular weight is 631 g/mol. The number of hydrogen-bond acceptors (Lipinski definition) is 4. The molecule has 0 heterocycles. The maximum Gasteiger partial charge on any atom is 0.264 e. The van der Waals surface area contributed by atoms with Crippen molar-refractivity contribution in [3.63, 3.8) is 0 Å². The fourth-order valence-corrected chi connectivity index (χ4v) is 6.01. The second-order valence-electron chi connectivity index (χ2n) is 9.06. The fourth-order valence-electron chi connectivity index (χ4n) is 3.75. The van der Waals surface area contributed by atoms with E-state index in [1.165, 1.54) is 35.2 Å². The lowest BCUT2D eigenvalue weighted by Gasteiger charge is -2.32. The summed E-state index contributed by atoms with van der Waals surface area (Å²) in [5.41, 5.74) is 0.698. The molecule has 39 heavy (non-hydrogen) atoms. The van der Waals surface area contributed by atoms with Gasteiger partial charge in [0.05, 0.1) is 20.6 Å². The zero-order valence-electron chi connectivity index (χ0n) is 21.4. The lowest BCUT2D eigenvalue weighted by atomic mass is 10.1. The Morgan fingerprint density at radius 2 is 1.46 bits per heavy atom. The maximum absolute atomic E-state index is 13.9. The van der Waals surface area contributed by atoms with Crippen molar-refractivity contribution < 1.29 is 18.0 Å². The van der Waals surface area contributed by atoms with Gasteiger partial charge in [-0.15, -0.1) is 0 Å². The predicted octanol–water partition coefficient (Wildman–Crippen LogP) is 6.44. The Bertz CT molecular complexity index is 1430. The van der Waals surface area contributed by atoms with E-state index in [9.17, 15) is 18.0 Å². The van der Waals surface area contributed by atoms with Gasteiger partial charge in [-0.1, -0.05) is 70.7 Å². The van der Waals surface area contributed by atoms with Gasteiger partial charge in [-0.05, 0) is 68.8 Å². The standard InChI is InChI=1S/C27H27Cl4N3O4S/c1-17(2)32-27(36)18(3)33(15-19-9-10-24(30)25(31)11-19)26(35)16-34(22-13-20(28)12-21(29)14-22)39(37,38)23-7-5-4-6-8-23/h4-14,17-18H,15-16H2,1-3H3,(H,32,36). The molecule has 0 aliphatic carbocycles. The number of hydrogen-bond donors (Lipinski definition) is 1. The molecule has 1 N–H and O–H groups in total. The zero-order chi connectivity index (χ0) is 28.9. The summed E-state index contributed by atoms with van der Waals surface area (Å²) in [6.45, 7) is 4.51. The molecule has 208 valence electrons. The molecule has 0 bridgehead atoms. The Morgan fingerprint density at radius 3 is 2.03 bits per heavy atom. The van der Waals surface area contributed by atoms with E-state index in [2.05, 4.69) is 5.32 Å². The first kappa shape index (κ1) is 31.0. The van der Waals surface area contributed by atoms with Crippen molar-refractivity contribution >= 4 is 73.9 Å². The monoisotopic (exact) mass is 629 g/mol. The SMILES string of the molecule is CC(C)NC(=O)C(C)N(Cc1ccc(Cl)c(Cl)c1)C(=O)CN(c1cc(Cl)cc(Cl)c1)S(=O)(=O)c1ccccc1. The van der Waals surface area contributed by atoms with Crippen LogP contribution in [0.5, 0.6) is 0 Å². The Hall–Kier alpha value is -2.49. The predicted molar refractivity (Wildman–Crippen MR) is 157 cm³/mol. The Kier molecular flexibility index (Phi) is 10.5. The van der Waals surface area contributed by atoms with Gasteiger partial charge in [-0.2, -0.15) is 0 Å². The number of amides is 2. The van der Waals surface area contributed by atoms with E-state index in [4.69, 9.17) is 46.4 Å². The van der Waals surface area contributed by atoms with E-state index < -0.39 is 34.4 Å². The molecule has 7 nitrogen and oxygen atoms in total. The summed E-state index contributed by atoms with van der Waals surface area (Å²) >= 11 is 24.6. The molecule has 3 rings (SSSR count). The molecule has 0 saturated heterocycles. The number of halogens is 4. The van der Waals surface area contributed by atoms with E-state index in [0.29, 0.717) is 10.6 Å². The van der Waals surface area contributed by atoms with E-state index in [1.54, 1.807) is 57.2 Å². The minimum absolute atomic E-state index is 0.0298. The number of nitrogens with zero attached hydrogens (tertiary/aromatic N) is 2. The lowest BCUT2D eigenvalue weighted by molar-refractivity contribution is -0.139. The number of carbonyl (C=O) groups excluding carboxylic acids is 2. The van der Waals surface area contributed by atoms with Crippen LogP contribution < -0.4 is 9.62 Å². The number of sulfonamides is 1. The molecule has 0 saturated carbocycles. The fraction of sp³-hybridized carbons (Fsp3) is 0.259. The second-order valence-corrected chi connectivity index (χ2v) is 12.6. The number of anilines is 1. The topological polar surface area (TPSA) is 86.8 Å². The van der Waals surface area contributed by atoms with Crippen LogP contribution in [0.2, 0.25) is 20.1 Å². The zero-order valence-corrected chi connectivity index (χ0v) is 25.2. The maximum atomic E-state index is 13.9. The van der Waals surface area contributed by atoms with Crippen molar-refractivity contribution in [2.24, 2.45) is 0 Å². The molecular weight excluding hydrogens is 604 g/mol. The summed E-state index contributed by atoms with van der Waals surface area (Å²) in [7, 11) is -4.24. The summed E-state index contributed by atoms with van der Waals surface area (Å²) in [5.74, 6) is -1.04. The molecular formula is C27H27Cl4N3O4S. The second kappa shape index (κ2) is 13.2. The molecule has 0 spiro atoms. The van der Waals surface area contributed by atoms with Crippen LogP contribution >= 0.6 is 46.4 Å². The van der Waals surface area contributed by atoms with E-state index >= 15 is 0 Å². The highest BCUT2D eigenvalue weighted by Gasteiger charge is 2.33. The first-order valence-corrected chi connectivity index (χ1v) is 14.8. The first-order chi connectivity index (χ1) is 18.3. The summed E-state index contributed by atoms with van der Waals surface area (Å²) in [5, 5.41) is 3.79. The molecule has 2 amide bonds. The van der Waals surface area contributed by atoms with Crippen molar-refractivity contribution in [3.05, 3.63) is 92.4 Å². The molecule has 0 aliphatic rings. The van der Waals surface area contributed by atoms with Crippen LogP contribution in [0.3, 0.4) is 0 Å². The summed E-state index contributed by atoms with van der Waals surface area (Å²) < 4.78 is 28.4. The Morgan fingerprint density at radius 1 is 0.846 bits per heavy atom. The van der Waals surface area contributed by atoms with Crippen LogP contribution in [0.15, 0.2) is 71.6 Å². The molecule has 3 aromatic carbocycles. The summed E-state index contributed by atoms with van der Waals surface area (Å²) in [4.78, 5) is 28.1. The highest BCUT2D eigenvalue weighted by Crippen LogP contribution is 2.30. The first-order valence-electron chi connectivity index (χ1n) is 11.9. The van der Waals surface area contributed by atoms with E-state index in [-0.39, 0.29) is 38.2 Å². The van der Waals surface area contributed by atoms with E-state index in [0.717, 1.165) is 4.31 Å². The van der Waals surface area contributed by atoms with Gasteiger partial charge >= 0.3 is 0 Å². The number of benzene rings is 3. The quantitative estimate of drug-likeness (QED) is 0.279. The Balaban J connectivity index is 2.06. The van der Waals surface area contributed by atoms with Crippen LogP contribution in [0.4, 0.5) is 5.69 Å². The molecule has 0 radical (unpaired) electrons. The van der Waals surface area contributed by atoms with Crippen LogP contribution in [-0.2, 0) is 26.2 Å². The number of nitrogens with one attached hydrogen (secondary N) is 1. The third-order valence-corrected chi connectivity index (χ3v) is 8.64. The number of rotatable bonds is 10. The van der Waals surface area contributed by atoms with Gasteiger partial charge in [0.15, 0.2) is 0 Å². The van der Waals surface area contributed by atoms with Crippen molar-refractivity contribution in [2.75, 3.05) is 10.8 Å². The molecule has 0 fully saturated rings. The molecule has 1 atom stereocenters. The highest BCUT2D eigenvalue weighted by atomic mass is 35.5. The van der Waals surface area contributed by atoms with Crippen LogP contribution in [0.1, 0.15) is 26.3 Å². The normalized spacial score (nSPS) is 12.2. The van der Waals surface area contributed by atoms with Crippen molar-refractivity contribution in [1.29, 1.82) is 0 Å². The number of carbonyl (C=O) groups is 2. The van der Waals surface area contributed by atoms with Gasteiger partial charge in [0.25, 0.3) is 10.0 Å². The highest BCUT2D eigenvalue weighted by molar-refractivity contribution is 7.92. The smallest absolute Gasteiger partial charge is 0.264 e. The van der Waals surface area contributed by atoms with Gasteiger partial charge in [-0.25, -0.2) is 8.42 Å². The molecule has 12 heteroatoms. The summed E-state index contributed by atoms with van der Waals surface area (Å²) in [6.07, 6.45) is 0. The van der Waals surface area contributed by atoms with Gasteiger partial charge < -0.3 is 10.2 Å². The molecule has 1 unspecified atom stereocenters. The van der Waals surface area contributed by atoms with Crippen LogP contribution in [0.25, 0.3) is 0 Å². The largest absolute Gasteiger partial charge is 0.352 e. The minimum Gasteiger partial charge on any atom is -0.352 e. The van der Waals surface area contributed by atoms with Crippen LogP contribution in [-0.4, -0.2) is 43.8 Å². The molecule has 3 aromatic rings. The van der Waals surface area contributed by atoms with E-state index in [1.807, 2.05) is 0 Å². The van der Waals surface area contributed by atoms with Gasteiger partial charge in [0, 0.05) is 22.6 Å². The van der Waals surface area contributed by atoms with Crippen molar-refractivity contribution in [2.45, 2.75) is 44.3 Å². The van der Waals surface area contributed by atoms with Gasteiger partial charge in [-0.3, -0.25) is 13.9 Å². The average Bonchev–Trinajstić information content (AvgIpc) is 2.86. The third-order valence-electron chi connectivity index (χ3n) is 5.68. The van der Waals surface area contributed by atoms with Crippen molar-refractivity contribution in [1.82, 2.24) is 10.2 Å². The van der Waals surface area contributed by atoms with Gasteiger partial charge in [0.1, 0.15) is 12.6 Å². The molecule has 0 aliphatic heterocycles. The van der Waals surface area contributed by atoms with Crippen LogP contribution in [0, 0.1) is 0 Å². The third kappa shape index (κ3) is 8.02. The van der Waals surface area contributed by atoms with Crippen molar-refractivity contribution in [3.8, 4) is 0 Å². The Labute approximate surface area is 248 Å². The van der Waals surface area contributed by atoms with Gasteiger partial charge in [0.2, 0.25) is 11.8 Å². The minimum atomic E-state index is -4.24. The summed E-state index contributed by atoms with van der Waals surface area (Å²) in [6, 6.07) is 15.7. The lowest BCUT2D eigenvalue weighted by Crippen LogP contribution is -2.52.